The van der Waals surface area contributed by atoms with E-state index in [0.29, 0.717) is 19.3 Å². The lowest BCUT2D eigenvalue weighted by Gasteiger charge is -2.11. The summed E-state index contributed by atoms with van der Waals surface area (Å²) in [6, 6.07) is 6.35. The Bertz CT molecular complexity index is 410. The number of benzene rings is 1. The molecule has 0 amide bonds. The fraction of sp³-hybridized carbons (Fsp3) is 0.385. The molecule has 3 N–H and O–H groups in total. The lowest BCUT2D eigenvalue weighted by molar-refractivity contribution is -0.143. The van der Waals surface area contributed by atoms with E-state index in [4.69, 9.17) is 15.3 Å². The molecule has 1 aromatic carbocycles. The second-order valence-corrected chi connectivity index (χ2v) is 4.19. The predicted octanol–water partition coefficient (Wildman–Crippen LogP) is 1.89. The van der Waals surface area contributed by atoms with E-state index in [1.54, 1.807) is 12.1 Å². The van der Waals surface area contributed by atoms with Crippen molar-refractivity contribution in [2.24, 2.45) is 5.92 Å². The highest BCUT2D eigenvalue weighted by Gasteiger charge is 2.18. The number of phenols is 1. The van der Waals surface area contributed by atoms with Gasteiger partial charge in [0, 0.05) is 6.42 Å². The summed E-state index contributed by atoms with van der Waals surface area (Å²) in [5.41, 5.74) is 0.815. The van der Waals surface area contributed by atoms with Gasteiger partial charge in [-0.1, -0.05) is 12.1 Å². The molecule has 0 saturated carbocycles. The van der Waals surface area contributed by atoms with Crippen LogP contribution in [0, 0.1) is 5.92 Å². The van der Waals surface area contributed by atoms with Crippen LogP contribution in [0.2, 0.25) is 0 Å². The van der Waals surface area contributed by atoms with Crippen LogP contribution in [0.15, 0.2) is 24.3 Å². The van der Waals surface area contributed by atoms with E-state index in [-0.39, 0.29) is 12.2 Å². The van der Waals surface area contributed by atoms with Gasteiger partial charge in [-0.2, -0.15) is 0 Å². The maximum atomic E-state index is 11.0. The topological polar surface area (TPSA) is 94.8 Å². The van der Waals surface area contributed by atoms with Crippen molar-refractivity contribution in [1.82, 2.24) is 0 Å². The van der Waals surface area contributed by atoms with E-state index >= 15 is 0 Å². The van der Waals surface area contributed by atoms with Gasteiger partial charge in [-0.25, -0.2) is 0 Å². The van der Waals surface area contributed by atoms with Crippen molar-refractivity contribution in [2.45, 2.75) is 25.7 Å². The lowest BCUT2D eigenvalue weighted by atomic mass is 9.94. The molecule has 0 bridgehead atoms. The van der Waals surface area contributed by atoms with Crippen molar-refractivity contribution < 1.29 is 24.9 Å². The van der Waals surface area contributed by atoms with Gasteiger partial charge in [0.15, 0.2) is 0 Å². The van der Waals surface area contributed by atoms with Gasteiger partial charge in [0.1, 0.15) is 5.75 Å². The van der Waals surface area contributed by atoms with Gasteiger partial charge in [-0.05, 0) is 37.0 Å². The van der Waals surface area contributed by atoms with Crippen LogP contribution in [0.5, 0.6) is 5.75 Å². The molecule has 5 nitrogen and oxygen atoms in total. The summed E-state index contributed by atoms with van der Waals surface area (Å²) in [6.07, 6.45) is 1.02. The summed E-state index contributed by atoms with van der Waals surface area (Å²) in [5, 5.41) is 26.7. The van der Waals surface area contributed by atoms with E-state index in [1.165, 1.54) is 12.1 Å². The number of aliphatic carboxylic acids is 2. The second-order valence-electron chi connectivity index (χ2n) is 4.19. The van der Waals surface area contributed by atoms with Gasteiger partial charge < -0.3 is 15.3 Å². The molecule has 0 saturated heterocycles. The molecule has 0 spiro atoms. The highest BCUT2D eigenvalue weighted by Crippen LogP contribution is 2.18. The third-order valence-electron chi connectivity index (χ3n) is 2.71. The largest absolute Gasteiger partial charge is 0.508 e. The van der Waals surface area contributed by atoms with Crippen molar-refractivity contribution in [3.05, 3.63) is 29.8 Å². The summed E-state index contributed by atoms with van der Waals surface area (Å²) in [6.45, 7) is 0. The summed E-state index contributed by atoms with van der Waals surface area (Å²) in [4.78, 5) is 21.4. The Kier molecular flexibility index (Phi) is 5.17. The van der Waals surface area contributed by atoms with Crippen LogP contribution in [0.25, 0.3) is 0 Å². The van der Waals surface area contributed by atoms with E-state index in [2.05, 4.69) is 0 Å². The van der Waals surface area contributed by atoms with Crippen LogP contribution in [0.4, 0.5) is 0 Å². The number of carboxylic acid groups (broad SMARTS) is 2. The highest BCUT2D eigenvalue weighted by atomic mass is 16.4. The smallest absolute Gasteiger partial charge is 0.306 e. The van der Waals surface area contributed by atoms with Gasteiger partial charge in [-0.3, -0.25) is 9.59 Å². The lowest BCUT2D eigenvalue weighted by Crippen LogP contribution is -2.16. The fourth-order valence-electron chi connectivity index (χ4n) is 1.73. The molecule has 0 radical (unpaired) electrons. The zero-order chi connectivity index (χ0) is 13.5. The van der Waals surface area contributed by atoms with Crippen LogP contribution in [0.3, 0.4) is 0 Å². The summed E-state index contributed by atoms with van der Waals surface area (Å²) < 4.78 is 0. The molecule has 0 aliphatic carbocycles. The van der Waals surface area contributed by atoms with E-state index in [0.717, 1.165) is 5.56 Å². The van der Waals surface area contributed by atoms with Gasteiger partial charge in [0.05, 0.1) is 5.92 Å². The summed E-state index contributed by atoms with van der Waals surface area (Å²) >= 11 is 0. The van der Waals surface area contributed by atoms with Gasteiger partial charge in [0.25, 0.3) is 0 Å². The number of aromatic hydroxyl groups is 1. The minimum atomic E-state index is -0.923. The van der Waals surface area contributed by atoms with Crippen LogP contribution < -0.4 is 0 Å². The molecule has 1 rings (SSSR count). The Morgan fingerprint density at radius 3 is 2.22 bits per heavy atom. The average molecular weight is 252 g/mol. The van der Waals surface area contributed by atoms with Crippen molar-refractivity contribution in [2.75, 3.05) is 0 Å². The SMILES string of the molecule is O=C(O)CCCC(Cc1ccc(O)cc1)C(=O)O. The zero-order valence-corrected chi connectivity index (χ0v) is 9.87. The Hall–Kier alpha value is -2.04. The Morgan fingerprint density at radius 2 is 1.72 bits per heavy atom. The van der Waals surface area contributed by atoms with Gasteiger partial charge in [-0.15, -0.1) is 0 Å². The molecule has 1 aromatic rings. The summed E-state index contributed by atoms with van der Waals surface area (Å²) in [5.74, 6) is -2.29. The maximum Gasteiger partial charge on any atom is 0.306 e. The third kappa shape index (κ3) is 4.86. The Morgan fingerprint density at radius 1 is 1.11 bits per heavy atom. The number of hydrogen-bond acceptors (Lipinski definition) is 3. The molecule has 1 unspecified atom stereocenters. The maximum absolute atomic E-state index is 11.0. The molecule has 0 heterocycles. The number of phenolic OH excluding ortho intramolecular Hbond substituents is 1. The van der Waals surface area contributed by atoms with Crippen molar-refractivity contribution in [3.8, 4) is 5.75 Å². The predicted molar refractivity (Wildman–Crippen MR) is 64.4 cm³/mol. The first kappa shape index (κ1) is 14.0. The monoisotopic (exact) mass is 252 g/mol. The van der Waals surface area contributed by atoms with Gasteiger partial charge in [0.2, 0.25) is 0 Å². The average Bonchev–Trinajstić information content (AvgIpc) is 2.30. The standard InChI is InChI=1S/C13H16O5/c14-11-6-4-9(5-7-11)8-10(13(17)18)2-1-3-12(15)16/h4-7,10,14H,1-3,8H2,(H,15,16)(H,17,18). The highest BCUT2D eigenvalue weighted by molar-refractivity contribution is 5.70. The zero-order valence-electron chi connectivity index (χ0n) is 9.87. The van der Waals surface area contributed by atoms with Crippen molar-refractivity contribution in [1.29, 1.82) is 0 Å². The number of carbonyl (C=O) groups is 2. The fourth-order valence-corrected chi connectivity index (χ4v) is 1.73. The number of carboxylic acids is 2. The molecule has 1 atom stereocenters. The normalized spacial score (nSPS) is 12.0. The first-order valence-electron chi connectivity index (χ1n) is 5.71. The molecule has 5 heteroatoms. The first-order valence-corrected chi connectivity index (χ1v) is 5.71. The van der Waals surface area contributed by atoms with E-state index in [1.807, 2.05) is 0 Å². The molecular weight excluding hydrogens is 236 g/mol. The Balaban J connectivity index is 2.54. The van der Waals surface area contributed by atoms with Crippen LogP contribution in [-0.4, -0.2) is 27.3 Å². The minimum Gasteiger partial charge on any atom is -0.508 e. The summed E-state index contributed by atoms with van der Waals surface area (Å²) in [7, 11) is 0. The molecule has 18 heavy (non-hydrogen) atoms. The molecule has 0 aromatic heterocycles. The first-order chi connectivity index (χ1) is 8.49. The quantitative estimate of drug-likeness (QED) is 0.688. The van der Waals surface area contributed by atoms with E-state index < -0.39 is 17.9 Å². The number of rotatable bonds is 7. The van der Waals surface area contributed by atoms with Crippen molar-refractivity contribution >= 4 is 11.9 Å². The number of hydrogen-bond donors (Lipinski definition) is 3. The van der Waals surface area contributed by atoms with Crippen LogP contribution >= 0.6 is 0 Å². The molecule has 0 fully saturated rings. The van der Waals surface area contributed by atoms with E-state index in [9.17, 15) is 9.59 Å². The molecule has 0 aliphatic rings. The van der Waals surface area contributed by atoms with Crippen LogP contribution in [-0.2, 0) is 16.0 Å². The molecule has 98 valence electrons. The third-order valence-corrected chi connectivity index (χ3v) is 2.71. The second kappa shape index (κ2) is 6.64. The molecule has 0 aliphatic heterocycles. The molecular formula is C13H16O5. The van der Waals surface area contributed by atoms with Gasteiger partial charge >= 0.3 is 11.9 Å². The minimum absolute atomic E-state index is 0.0145. The Labute approximate surface area is 105 Å². The van der Waals surface area contributed by atoms with Crippen LogP contribution in [0.1, 0.15) is 24.8 Å². The van der Waals surface area contributed by atoms with Crippen molar-refractivity contribution in [3.63, 3.8) is 0 Å².